The van der Waals surface area contributed by atoms with E-state index in [0.29, 0.717) is 5.56 Å². The lowest BCUT2D eigenvalue weighted by Gasteiger charge is -2.20. The second-order valence-electron chi connectivity index (χ2n) is 5.42. The molecular formula is C14H17F3N4O3. The van der Waals surface area contributed by atoms with E-state index < -0.39 is 24.4 Å². The summed E-state index contributed by atoms with van der Waals surface area (Å²) in [4.78, 5) is 23.4. The number of benzene rings is 1. The highest BCUT2D eigenvalue weighted by Crippen LogP contribution is 2.22. The minimum absolute atomic E-state index is 0.0546. The van der Waals surface area contributed by atoms with E-state index in [-0.39, 0.29) is 24.1 Å². The van der Waals surface area contributed by atoms with Crippen LogP contribution in [0, 0.1) is 0 Å². The first kappa shape index (κ1) is 18.0. The van der Waals surface area contributed by atoms with Crippen LogP contribution in [0.25, 0.3) is 0 Å². The van der Waals surface area contributed by atoms with Crippen molar-refractivity contribution in [1.82, 2.24) is 16.2 Å². The fraction of sp³-hybridized carbons (Fsp3) is 0.429. The van der Waals surface area contributed by atoms with Gasteiger partial charge in [-0.05, 0) is 24.6 Å². The molecule has 0 bridgehead atoms. The maximum atomic E-state index is 12.1. The number of primary amides is 1. The van der Waals surface area contributed by atoms with Crippen LogP contribution in [0.2, 0.25) is 0 Å². The molecule has 3 unspecified atom stereocenters. The van der Waals surface area contributed by atoms with Gasteiger partial charge < -0.3 is 15.8 Å². The first-order valence-electron chi connectivity index (χ1n) is 7.10. The monoisotopic (exact) mass is 346 g/mol. The zero-order valence-electron chi connectivity index (χ0n) is 12.7. The largest absolute Gasteiger partial charge is 0.573 e. The highest BCUT2D eigenvalue weighted by molar-refractivity contribution is 5.84. The van der Waals surface area contributed by atoms with E-state index >= 15 is 0 Å². The number of hydrazine groups is 1. The molecule has 1 aliphatic heterocycles. The zero-order valence-corrected chi connectivity index (χ0v) is 12.7. The number of hydrogen-bond acceptors (Lipinski definition) is 5. The van der Waals surface area contributed by atoms with E-state index in [1.807, 2.05) is 0 Å². The third-order valence-electron chi connectivity index (χ3n) is 3.52. The fourth-order valence-electron chi connectivity index (χ4n) is 2.38. The molecular weight excluding hydrogens is 329 g/mol. The summed E-state index contributed by atoms with van der Waals surface area (Å²) in [6, 6.07) is 3.50. The maximum absolute atomic E-state index is 12.1. The molecule has 10 heteroatoms. The van der Waals surface area contributed by atoms with Crippen molar-refractivity contribution in [3.8, 4) is 5.75 Å². The van der Waals surface area contributed by atoms with Gasteiger partial charge in [0.05, 0.1) is 12.5 Å². The normalized spacial score (nSPS) is 23.8. The van der Waals surface area contributed by atoms with Crippen LogP contribution in [0.1, 0.15) is 12.5 Å². The van der Waals surface area contributed by atoms with Gasteiger partial charge in [0.25, 0.3) is 0 Å². The van der Waals surface area contributed by atoms with E-state index in [1.54, 1.807) is 6.92 Å². The summed E-state index contributed by atoms with van der Waals surface area (Å²) < 4.78 is 40.0. The number of nitrogens with one attached hydrogen (secondary N) is 3. The Hall–Kier alpha value is -2.33. The molecule has 0 aliphatic carbocycles. The van der Waals surface area contributed by atoms with E-state index in [2.05, 4.69) is 20.9 Å². The average molecular weight is 346 g/mol. The fourth-order valence-corrected chi connectivity index (χ4v) is 2.38. The number of alkyl halides is 3. The van der Waals surface area contributed by atoms with Crippen LogP contribution < -0.4 is 26.6 Å². The van der Waals surface area contributed by atoms with Gasteiger partial charge in [-0.3, -0.25) is 15.0 Å². The number of hydrogen-bond donors (Lipinski definition) is 4. The summed E-state index contributed by atoms with van der Waals surface area (Å²) in [5, 5.41) is 2.69. The number of halogens is 3. The minimum Gasteiger partial charge on any atom is -0.406 e. The Balaban J connectivity index is 1.93. The van der Waals surface area contributed by atoms with Gasteiger partial charge in [-0.1, -0.05) is 12.1 Å². The minimum atomic E-state index is -4.76. The number of amides is 2. The van der Waals surface area contributed by atoms with Crippen molar-refractivity contribution in [2.75, 3.05) is 0 Å². The van der Waals surface area contributed by atoms with Crippen LogP contribution in [0.4, 0.5) is 13.2 Å². The molecule has 1 aliphatic rings. The molecule has 1 aromatic carbocycles. The zero-order chi connectivity index (χ0) is 17.9. The Bertz CT molecular complexity index is 606. The van der Waals surface area contributed by atoms with Gasteiger partial charge >= 0.3 is 6.36 Å². The molecule has 1 fully saturated rings. The van der Waals surface area contributed by atoms with Crippen molar-refractivity contribution in [3.63, 3.8) is 0 Å². The van der Waals surface area contributed by atoms with Crippen LogP contribution >= 0.6 is 0 Å². The van der Waals surface area contributed by atoms with Crippen molar-refractivity contribution >= 4 is 11.8 Å². The Morgan fingerprint density at radius 1 is 1.25 bits per heavy atom. The van der Waals surface area contributed by atoms with Gasteiger partial charge in [0.15, 0.2) is 0 Å². The standard InChI is InChI=1S/C14H17F3N4O3/c1-7-11(12(13(18)23)21-20-7)19-10(22)6-8-2-4-9(5-3-8)24-14(15,16)17/h2-5,7,11-12,20-21H,6H2,1H3,(H2,18,23)(H,19,22). The Labute approximate surface area is 135 Å². The van der Waals surface area contributed by atoms with Crippen LogP contribution in [0.3, 0.4) is 0 Å². The Morgan fingerprint density at radius 3 is 2.42 bits per heavy atom. The molecule has 0 spiro atoms. The molecule has 0 aromatic heterocycles. The summed E-state index contributed by atoms with van der Waals surface area (Å²) in [5.41, 5.74) is 11.3. The van der Waals surface area contributed by atoms with E-state index in [1.165, 1.54) is 12.1 Å². The van der Waals surface area contributed by atoms with Gasteiger partial charge in [-0.25, -0.2) is 5.43 Å². The second kappa shape index (κ2) is 7.05. The van der Waals surface area contributed by atoms with Gasteiger partial charge in [-0.15, -0.1) is 13.2 Å². The molecule has 0 radical (unpaired) electrons. The van der Waals surface area contributed by atoms with Crippen molar-refractivity contribution in [1.29, 1.82) is 0 Å². The molecule has 2 rings (SSSR count). The van der Waals surface area contributed by atoms with Crippen LogP contribution in [-0.4, -0.2) is 36.3 Å². The smallest absolute Gasteiger partial charge is 0.406 e. The number of ether oxygens (including phenoxy) is 1. The summed E-state index contributed by atoms with van der Waals surface area (Å²) >= 11 is 0. The van der Waals surface area contributed by atoms with Crippen molar-refractivity contribution in [2.45, 2.75) is 37.8 Å². The second-order valence-corrected chi connectivity index (χ2v) is 5.42. The molecule has 7 nitrogen and oxygen atoms in total. The SMILES string of the molecule is CC1NNC(C(N)=O)C1NC(=O)Cc1ccc(OC(F)(F)F)cc1. The van der Waals surface area contributed by atoms with E-state index in [4.69, 9.17) is 5.73 Å². The molecule has 1 heterocycles. The predicted octanol–water partition coefficient (Wildman–Crippen LogP) is -0.0373. The molecule has 5 N–H and O–H groups in total. The average Bonchev–Trinajstić information content (AvgIpc) is 2.81. The summed E-state index contributed by atoms with van der Waals surface area (Å²) in [5.74, 6) is -1.35. The number of carbonyl (C=O) groups excluding carboxylic acids is 2. The van der Waals surface area contributed by atoms with Gasteiger partial charge in [-0.2, -0.15) is 0 Å². The quantitative estimate of drug-likeness (QED) is 0.599. The third-order valence-corrected chi connectivity index (χ3v) is 3.52. The van der Waals surface area contributed by atoms with Gasteiger partial charge in [0.2, 0.25) is 11.8 Å². The molecule has 1 saturated heterocycles. The molecule has 0 saturated carbocycles. The lowest BCUT2D eigenvalue weighted by atomic mass is 10.0. The lowest BCUT2D eigenvalue weighted by molar-refractivity contribution is -0.274. The number of rotatable bonds is 5. The first-order valence-corrected chi connectivity index (χ1v) is 7.10. The molecule has 1 aromatic rings. The van der Waals surface area contributed by atoms with E-state index in [0.717, 1.165) is 12.1 Å². The molecule has 2 amide bonds. The van der Waals surface area contributed by atoms with Gasteiger partial charge in [0, 0.05) is 6.04 Å². The van der Waals surface area contributed by atoms with Crippen LogP contribution in [-0.2, 0) is 16.0 Å². The summed E-state index contributed by atoms with van der Waals surface area (Å²) in [6.45, 7) is 1.77. The first-order chi connectivity index (χ1) is 11.2. The van der Waals surface area contributed by atoms with Crippen molar-refractivity contribution < 1.29 is 27.5 Å². The molecule has 3 atom stereocenters. The predicted molar refractivity (Wildman–Crippen MR) is 77.5 cm³/mol. The van der Waals surface area contributed by atoms with Gasteiger partial charge in [0.1, 0.15) is 11.8 Å². The molecule has 132 valence electrons. The topological polar surface area (TPSA) is 105 Å². The third kappa shape index (κ3) is 4.83. The highest BCUT2D eigenvalue weighted by atomic mass is 19.4. The Kier molecular flexibility index (Phi) is 5.30. The van der Waals surface area contributed by atoms with Crippen LogP contribution in [0.15, 0.2) is 24.3 Å². The highest BCUT2D eigenvalue weighted by Gasteiger charge is 2.37. The summed E-state index contributed by atoms with van der Waals surface area (Å²) in [6.07, 6.45) is -4.82. The lowest BCUT2D eigenvalue weighted by Crippen LogP contribution is -2.53. The Morgan fingerprint density at radius 2 is 1.88 bits per heavy atom. The van der Waals surface area contributed by atoms with Crippen LogP contribution in [0.5, 0.6) is 5.75 Å². The summed E-state index contributed by atoms with van der Waals surface area (Å²) in [7, 11) is 0. The van der Waals surface area contributed by atoms with E-state index in [9.17, 15) is 22.8 Å². The maximum Gasteiger partial charge on any atom is 0.573 e. The van der Waals surface area contributed by atoms with Crippen molar-refractivity contribution in [3.05, 3.63) is 29.8 Å². The van der Waals surface area contributed by atoms with Crippen molar-refractivity contribution in [2.24, 2.45) is 5.73 Å². The number of nitrogens with two attached hydrogens (primary N) is 1. The molecule has 24 heavy (non-hydrogen) atoms. The number of carbonyl (C=O) groups is 2.